The number of nitrogens with one attached hydrogen (secondary N) is 2. The van der Waals surface area contributed by atoms with Crippen LogP contribution in [-0.4, -0.2) is 63.4 Å². The maximum absolute atomic E-state index is 14.8. The molecule has 1 aliphatic carbocycles. The number of nitrogens with two attached hydrogens (primary N) is 1. The standard InChI is InChI=1S/C22H32F2N6O2/c1-22(2,3)32-21(31)26-17-8-13(30-10-15-18(11-30)27-28-20(15)25)9-29(4)19(17)14-7-12(23)5-6-16(14)24/h5-6,13-14,17,19H,7-11H2,1-4H3,(H,26,31)(H3,25,27,28)/t13?,14?,17?,19-/m1/s1. The van der Waals surface area contributed by atoms with Crippen LogP contribution < -0.4 is 11.1 Å². The monoisotopic (exact) mass is 450 g/mol. The van der Waals surface area contributed by atoms with E-state index in [2.05, 4.69) is 20.4 Å². The van der Waals surface area contributed by atoms with Crippen molar-refractivity contribution < 1.29 is 18.3 Å². The number of nitrogens with zero attached hydrogens (tertiary/aromatic N) is 3. The maximum Gasteiger partial charge on any atom is 0.407 e. The van der Waals surface area contributed by atoms with Crippen LogP contribution in [0.15, 0.2) is 23.8 Å². The van der Waals surface area contributed by atoms with Gasteiger partial charge in [0.25, 0.3) is 0 Å². The summed E-state index contributed by atoms with van der Waals surface area (Å²) in [7, 11) is 1.90. The van der Waals surface area contributed by atoms with E-state index in [0.717, 1.165) is 11.3 Å². The van der Waals surface area contributed by atoms with Gasteiger partial charge in [-0.15, -0.1) is 0 Å². The van der Waals surface area contributed by atoms with Crippen molar-refractivity contribution in [2.45, 2.75) is 70.4 Å². The molecule has 0 saturated carbocycles. The third kappa shape index (κ3) is 4.66. The number of hydrogen-bond acceptors (Lipinski definition) is 6. The number of carbonyl (C=O) groups is 1. The number of aromatic nitrogens is 2. The molecular weight excluding hydrogens is 418 g/mol. The summed E-state index contributed by atoms with van der Waals surface area (Å²) in [4.78, 5) is 16.9. The molecule has 1 saturated heterocycles. The number of fused-ring (bicyclic) bond motifs is 1. The molecule has 0 spiro atoms. The first-order valence-corrected chi connectivity index (χ1v) is 11.0. The summed E-state index contributed by atoms with van der Waals surface area (Å²) < 4.78 is 34.3. The first-order valence-electron chi connectivity index (χ1n) is 11.0. The molecule has 1 aromatic heterocycles. The molecule has 1 aromatic rings. The average molecular weight is 451 g/mol. The molecule has 4 N–H and O–H groups in total. The fraction of sp³-hybridized carbons (Fsp3) is 0.636. The summed E-state index contributed by atoms with van der Waals surface area (Å²) in [5.41, 5.74) is 7.31. The van der Waals surface area contributed by atoms with Gasteiger partial charge in [-0.3, -0.25) is 14.9 Å². The Balaban J connectivity index is 1.55. The first kappa shape index (κ1) is 22.7. The van der Waals surface area contributed by atoms with Crippen LogP contribution in [0.25, 0.3) is 0 Å². The number of alkyl carbamates (subject to hydrolysis) is 1. The lowest BCUT2D eigenvalue weighted by Gasteiger charge is -2.48. The molecule has 8 nitrogen and oxygen atoms in total. The highest BCUT2D eigenvalue weighted by molar-refractivity contribution is 5.68. The fourth-order valence-corrected chi connectivity index (χ4v) is 5.12. The third-order valence-electron chi connectivity index (χ3n) is 6.48. The second-order valence-corrected chi connectivity index (χ2v) is 10.0. The number of rotatable bonds is 3. The largest absolute Gasteiger partial charge is 0.444 e. The van der Waals surface area contributed by atoms with E-state index in [1.54, 1.807) is 20.8 Å². The number of allylic oxidation sites excluding steroid dienone is 3. The van der Waals surface area contributed by atoms with Gasteiger partial charge in [-0.1, -0.05) is 0 Å². The van der Waals surface area contributed by atoms with Crippen molar-refractivity contribution in [3.63, 3.8) is 0 Å². The van der Waals surface area contributed by atoms with Crippen LogP contribution in [0.5, 0.6) is 0 Å². The Bertz CT molecular complexity index is 937. The van der Waals surface area contributed by atoms with Crippen LogP contribution in [-0.2, 0) is 17.8 Å². The SMILES string of the molecule is CN1CC(N2Cc3[nH]nc(N)c3C2)CC(NC(=O)OC(C)(C)C)[C@H]1C1CC(F)=CC=C1F. The molecule has 4 rings (SSSR count). The minimum absolute atomic E-state index is 0.0228. The van der Waals surface area contributed by atoms with Crippen molar-refractivity contribution in [2.75, 3.05) is 19.3 Å². The number of halogens is 2. The molecule has 176 valence electrons. The summed E-state index contributed by atoms with van der Waals surface area (Å²) in [6.45, 7) is 7.37. The quantitative estimate of drug-likeness (QED) is 0.655. The normalized spacial score (nSPS) is 29.3. The van der Waals surface area contributed by atoms with Crippen LogP contribution in [0.1, 0.15) is 44.9 Å². The van der Waals surface area contributed by atoms with Gasteiger partial charge >= 0.3 is 6.09 Å². The number of H-pyrrole nitrogens is 1. The molecule has 3 unspecified atom stereocenters. The van der Waals surface area contributed by atoms with E-state index in [9.17, 15) is 13.6 Å². The van der Waals surface area contributed by atoms with E-state index in [4.69, 9.17) is 10.5 Å². The molecule has 1 fully saturated rings. The Labute approximate surface area is 186 Å². The zero-order valence-electron chi connectivity index (χ0n) is 19.0. The molecule has 3 heterocycles. The van der Waals surface area contributed by atoms with Gasteiger partial charge in [0, 0.05) is 55.7 Å². The lowest BCUT2D eigenvalue weighted by Crippen LogP contribution is -2.63. The lowest BCUT2D eigenvalue weighted by molar-refractivity contribution is 0.0129. The van der Waals surface area contributed by atoms with Crippen molar-refractivity contribution in [2.24, 2.45) is 5.92 Å². The van der Waals surface area contributed by atoms with E-state index >= 15 is 0 Å². The Hall–Kier alpha value is -2.46. The Kier molecular flexibility index (Phi) is 6.02. The number of hydrogen-bond donors (Lipinski definition) is 3. The minimum Gasteiger partial charge on any atom is -0.444 e. The Morgan fingerprint density at radius 3 is 2.75 bits per heavy atom. The van der Waals surface area contributed by atoms with Gasteiger partial charge in [-0.05, 0) is 46.4 Å². The number of carbonyl (C=O) groups excluding carboxylic acids is 1. The van der Waals surface area contributed by atoms with E-state index < -0.39 is 29.7 Å². The second kappa shape index (κ2) is 8.47. The number of ether oxygens (including phenoxy) is 1. The number of aromatic amines is 1. The summed E-state index contributed by atoms with van der Waals surface area (Å²) in [5, 5.41) is 10.0. The summed E-state index contributed by atoms with van der Waals surface area (Å²) in [5.74, 6) is -0.890. The van der Waals surface area contributed by atoms with E-state index in [0.29, 0.717) is 31.9 Å². The fourth-order valence-electron chi connectivity index (χ4n) is 5.12. The molecule has 1 amide bonds. The zero-order valence-corrected chi connectivity index (χ0v) is 19.0. The Morgan fingerprint density at radius 2 is 2.06 bits per heavy atom. The molecule has 0 radical (unpaired) electrons. The van der Waals surface area contributed by atoms with E-state index in [1.807, 2.05) is 11.9 Å². The van der Waals surface area contributed by atoms with Gasteiger partial charge in [0.05, 0.1) is 5.69 Å². The second-order valence-electron chi connectivity index (χ2n) is 10.0. The van der Waals surface area contributed by atoms with Gasteiger partial charge in [-0.25, -0.2) is 13.6 Å². The maximum atomic E-state index is 14.8. The highest BCUT2D eigenvalue weighted by atomic mass is 19.1. The van der Waals surface area contributed by atoms with Crippen molar-refractivity contribution >= 4 is 11.9 Å². The number of piperidine rings is 1. The molecule has 4 atom stereocenters. The number of anilines is 1. The topological polar surface area (TPSA) is 99.5 Å². The molecular formula is C22H32F2N6O2. The summed E-state index contributed by atoms with van der Waals surface area (Å²) in [6.07, 6.45) is 2.37. The zero-order chi connectivity index (χ0) is 23.2. The lowest BCUT2D eigenvalue weighted by atomic mass is 9.80. The van der Waals surface area contributed by atoms with Gasteiger partial charge in [0.15, 0.2) is 0 Å². The number of likely N-dealkylation sites (N-methyl/N-ethyl adjacent to an activating group) is 1. The smallest absolute Gasteiger partial charge is 0.407 e. The summed E-state index contributed by atoms with van der Waals surface area (Å²) in [6, 6.07) is -0.730. The van der Waals surface area contributed by atoms with Gasteiger partial charge in [0.2, 0.25) is 0 Å². The third-order valence-corrected chi connectivity index (χ3v) is 6.48. The molecule has 2 aliphatic heterocycles. The van der Waals surface area contributed by atoms with E-state index in [1.165, 1.54) is 12.2 Å². The average Bonchev–Trinajstić information content (AvgIpc) is 3.24. The van der Waals surface area contributed by atoms with Crippen molar-refractivity contribution in [1.29, 1.82) is 0 Å². The highest BCUT2D eigenvalue weighted by Crippen LogP contribution is 2.38. The summed E-state index contributed by atoms with van der Waals surface area (Å²) >= 11 is 0. The van der Waals surface area contributed by atoms with Crippen LogP contribution in [0, 0.1) is 5.92 Å². The van der Waals surface area contributed by atoms with Crippen LogP contribution >= 0.6 is 0 Å². The molecule has 0 aromatic carbocycles. The van der Waals surface area contributed by atoms with E-state index in [-0.39, 0.29) is 24.1 Å². The molecule has 0 bridgehead atoms. The van der Waals surface area contributed by atoms with Crippen molar-refractivity contribution in [3.8, 4) is 0 Å². The highest BCUT2D eigenvalue weighted by Gasteiger charge is 2.45. The van der Waals surface area contributed by atoms with Crippen LogP contribution in [0.4, 0.5) is 19.4 Å². The predicted octanol–water partition coefficient (Wildman–Crippen LogP) is 3.00. The van der Waals surface area contributed by atoms with Crippen molar-refractivity contribution in [1.82, 2.24) is 25.3 Å². The number of likely N-dealkylation sites (tertiary alicyclic amines) is 1. The number of amides is 1. The predicted molar refractivity (Wildman–Crippen MR) is 117 cm³/mol. The molecule has 3 aliphatic rings. The van der Waals surface area contributed by atoms with Gasteiger partial charge in [-0.2, -0.15) is 5.10 Å². The Morgan fingerprint density at radius 1 is 1.31 bits per heavy atom. The first-order chi connectivity index (χ1) is 15.0. The van der Waals surface area contributed by atoms with Crippen molar-refractivity contribution in [3.05, 3.63) is 35.1 Å². The molecule has 32 heavy (non-hydrogen) atoms. The minimum atomic E-state index is -0.669. The van der Waals surface area contributed by atoms with Gasteiger partial charge < -0.3 is 15.8 Å². The molecule has 10 heteroatoms. The number of nitrogen functional groups attached to an aromatic ring is 1. The van der Waals surface area contributed by atoms with Crippen LogP contribution in [0.2, 0.25) is 0 Å². The van der Waals surface area contributed by atoms with Crippen LogP contribution in [0.3, 0.4) is 0 Å². The van der Waals surface area contributed by atoms with Gasteiger partial charge in [0.1, 0.15) is 23.1 Å².